The molecule has 0 aliphatic carbocycles. The fourth-order valence-corrected chi connectivity index (χ4v) is 3.22. The second-order valence-corrected chi connectivity index (χ2v) is 8.43. The van der Waals surface area contributed by atoms with E-state index in [0.717, 1.165) is 5.69 Å². The van der Waals surface area contributed by atoms with Gasteiger partial charge in [0.2, 0.25) is 0 Å². The highest BCUT2D eigenvalue weighted by Crippen LogP contribution is 2.27. The molecular formula is C12H16F6N2O4S2. The van der Waals surface area contributed by atoms with Crippen molar-refractivity contribution >= 4 is 25.7 Å². The molecule has 1 aromatic rings. The topological polar surface area (TPSA) is 106 Å². The van der Waals surface area contributed by atoms with Crippen molar-refractivity contribution in [2.75, 3.05) is 5.73 Å². The van der Waals surface area contributed by atoms with Crippen molar-refractivity contribution in [3.8, 4) is 0 Å². The third-order valence-corrected chi connectivity index (χ3v) is 5.60. The minimum atomic E-state index is -6.60. The highest BCUT2D eigenvalue weighted by molar-refractivity contribution is 8.05. The predicted molar refractivity (Wildman–Crippen MR) is 82.6 cm³/mol. The summed E-state index contributed by atoms with van der Waals surface area (Å²) in [6.45, 7) is 2.21. The lowest BCUT2D eigenvalue weighted by Gasteiger charge is -2.11. The highest BCUT2D eigenvalue weighted by Gasteiger charge is 2.55. The number of halogens is 6. The molecule has 3 N–H and O–H groups in total. The lowest BCUT2D eigenvalue weighted by molar-refractivity contribution is -0.0476. The largest absolute Gasteiger partial charge is 0.512 e. The van der Waals surface area contributed by atoms with E-state index in [2.05, 4.69) is 19.1 Å². The summed E-state index contributed by atoms with van der Waals surface area (Å²) >= 11 is 0. The maximum Gasteiger partial charge on any atom is 0.512 e. The number of sulfonamides is 2. The number of rotatable bonds is 5. The Bertz CT molecular complexity index is 729. The number of anilines is 1. The number of nitrogens with one attached hydrogen (secondary N) is 1. The molecule has 0 saturated carbocycles. The standard InChI is InChI=1S/C10H15N.C2HF6NO4S2/c1-2-3-4-9-5-7-10(11)8-6-9;3-1(4,5)14(10,11)9-15(12,13)2(6,7)8/h5-8H,2-4,11H2,1H3;9H. The molecule has 0 heterocycles. The van der Waals surface area contributed by atoms with E-state index in [1.165, 1.54) is 24.8 Å². The average molecular weight is 430 g/mol. The molecule has 152 valence electrons. The molecule has 0 amide bonds. The van der Waals surface area contributed by atoms with E-state index < -0.39 is 35.2 Å². The molecule has 0 aromatic heterocycles. The van der Waals surface area contributed by atoms with Gasteiger partial charge in [-0.15, -0.1) is 0 Å². The highest BCUT2D eigenvalue weighted by atomic mass is 32.3. The molecule has 1 rings (SSSR count). The van der Waals surface area contributed by atoms with Crippen LogP contribution in [0.2, 0.25) is 0 Å². The van der Waals surface area contributed by atoms with Crippen molar-refractivity contribution in [3.05, 3.63) is 29.8 Å². The first kappa shape index (κ1) is 24.5. The van der Waals surface area contributed by atoms with Crippen LogP contribution in [0.4, 0.5) is 32.0 Å². The van der Waals surface area contributed by atoms with E-state index in [4.69, 9.17) is 5.73 Å². The van der Waals surface area contributed by atoms with Gasteiger partial charge >= 0.3 is 31.1 Å². The first-order valence-corrected chi connectivity index (χ1v) is 9.75. The molecule has 14 heteroatoms. The second kappa shape index (κ2) is 8.90. The molecule has 0 radical (unpaired) electrons. The zero-order valence-corrected chi connectivity index (χ0v) is 14.9. The molecule has 26 heavy (non-hydrogen) atoms. The maximum absolute atomic E-state index is 11.5. The van der Waals surface area contributed by atoms with Crippen LogP contribution in [0.3, 0.4) is 0 Å². The van der Waals surface area contributed by atoms with Gasteiger partial charge in [0.25, 0.3) is 0 Å². The Kier molecular flexibility index (Phi) is 8.38. The lowest BCUT2D eigenvalue weighted by Crippen LogP contribution is -2.45. The van der Waals surface area contributed by atoms with Gasteiger partial charge in [0, 0.05) is 5.69 Å². The van der Waals surface area contributed by atoms with Crippen LogP contribution >= 0.6 is 0 Å². The van der Waals surface area contributed by atoms with Crippen LogP contribution in [-0.2, 0) is 26.5 Å². The molecule has 0 fully saturated rings. The third kappa shape index (κ3) is 7.78. The maximum atomic E-state index is 11.5. The fourth-order valence-electron chi connectivity index (χ4n) is 1.30. The van der Waals surface area contributed by atoms with E-state index in [-0.39, 0.29) is 0 Å². The molecule has 0 spiro atoms. The Morgan fingerprint density at radius 3 is 1.58 bits per heavy atom. The monoisotopic (exact) mass is 430 g/mol. The smallest absolute Gasteiger partial charge is 0.399 e. The Hall–Kier alpha value is -1.54. The summed E-state index contributed by atoms with van der Waals surface area (Å²) in [5.74, 6) is 0. The van der Waals surface area contributed by atoms with E-state index in [1.54, 1.807) is 0 Å². The number of hydrogen-bond acceptors (Lipinski definition) is 5. The summed E-state index contributed by atoms with van der Waals surface area (Å²) in [6, 6.07) is 8.13. The van der Waals surface area contributed by atoms with Crippen LogP contribution in [0.15, 0.2) is 24.3 Å². The first-order chi connectivity index (χ1) is 11.5. The van der Waals surface area contributed by atoms with Crippen molar-refractivity contribution in [3.63, 3.8) is 0 Å². The zero-order chi connectivity index (χ0) is 20.8. The Morgan fingerprint density at radius 1 is 0.885 bits per heavy atom. The molecule has 0 aliphatic rings. The Balaban J connectivity index is 0.000000502. The van der Waals surface area contributed by atoms with Gasteiger partial charge in [0.1, 0.15) is 0 Å². The van der Waals surface area contributed by atoms with Crippen LogP contribution in [0.5, 0.6) is 0 Å². The van der Waals surface area contributed by atoms with Gasteiger partial charge in [0.15, 0.2) is 0 Å². The molecule has 6 nitrogen and oxygen atoms in total. The van der Waals surface area contributed by atoms with E-state index >= 15 is 0 Å². The SMILES string of the molecule is CCCCc1ccc(N)cc1.O=S(=O)(NS(=O)(=O)C(F)(F)F)C(F)(F)F. The zero-order valence-electron chi connectivity index (χ0n) is 13.2. The van der Waals surface area contributed by atoms with E-state index in [9.17, 15) is 43.2 Å². The summed E-state index contributed by atoms with van der Waals surface area (Å²) in [5.41, 5.74) is -4.50. The normalized spacial score (nSPS) is 13.0. The van der Waals surface area contributed by atoms with Gasteiger partial charge in [-0.25, -0.2) is 16.8 Å². The molecule has 1 aromatic carbocycles. The Morgan fingerprint density at radius 2 is 1.27 bits per heavy atom. The first-order valence-electron chi connectivity index (χ1n) is 6.79. The number of unbranched alkanes of at least 4 members (excludes halogenated alkanes) is 1. The molecule has 0 bridgehead atoms. The molecule has 0 saturated heterocycles. The minimum Gasteiger partial charge on any atom is -0.399 e. The van der Waals surface area contributed by atoms with Crippen LogP contribution in [0.25, 0.3) is 0 Å². The van der Waals surface area contributed by atoms with Crippen molar-refractivity contribution < 1.29 is 43.2 Å². The van der Waals surface area contributed by atoms with Gasteiger partial charge in [-0.1, -0.05) is 29.6 Å². The quantitative estimate of drug-likeness (QED) is 0.552. The van der Waals surface area contributed by atoms with Crippen LogP contribution in [0.1, 0.15) is 25.3 Å². The third-order valence-electron chi connectivity index (χ3n) is 2.63. The summed E-state index contributed by atoms with van der Waals surface area (Å²) < 4.78 is 108. The van der Waals surface area contributed by atoms with Gasteiger partial charge in [-0.3, -0.25) is 0 Å². The summed E-state index contributed by atoms with van der Waals surface area (Å²) in [4.78, 5) is 0. The van der Waals surface area contributed by atoms with Crippen LogP contribution in [-0.4, -0.2) is 27.9 Å². The average Bonchev–Trinajstić information content (AvgIpc) is 2.44. The molecular weight excluding hydrogens is 414 g/mol. The number of aryl methyl sites for hydroxylation is 1. The van der Waals surface area contributed by atoms with Crippen molar-refractivity contribution in [2.24, 2.45) is 0 Å². The number of nitrogens with two attached hydrogens (primary N) is 1. The van der Waals surface area contributed by atoms with Gasteiger partial charge in [-0.2, -0.15) is 26.3 Å². The van der Waals surface area contributed by atoms with Gasteiger partial charge in [-0.05, 0) is 30.5 Å². The van der Waals surface area contributed by atoms with E-state index in [1.807, 2.05) is 12.1 Å². The van der Waals surface area contributed by atoms with Gasteiger partial charge < -0.3 is 5.73 Å². The summed E-state index contributed by atoms with van der Waals surface area (Å²) in [5, 5.41) is 0. The number of benzene rings is 1. The van der Waals surface area contributed by atoms with Gasteiger partial charge in [0.05, 0.1) is 0 Å². The van der Waals surface area contributed by atoms with Crippen molar-refractivity contribution in [1.29, 1.82) is 0 Å². The van der Waals surface area contributed by atoms with Crippen LogP contribution < -0.4 is 9.86 Å². The van der Waals surface area contributed by atoms with Crippen LogP contribution in [0, 0.1) is 0 Å². The lowest BCUT2D eigenvalue weighted by atomic mass is 10.1. The summed E-state index contributed by atoms with van der Waals surface area (Å²) in [6.07, 6.45) is 3.70. The molecule has 0 atom stereocenters. The molecule has 0 aliphatic heterocycles. The number of alkyl halides is 6. The number of hydrogen-bond donors (Lipinski definition) is 2. The van der Waals surface area contributed by atoms with E-state index in [0.29, 0.717) is 0 Å². The van der Waals surface area contributed by atoms with Crippen molar-refractivity contribution in [1.82, 2.24) is 4.13 Å². The van der Waals surface area contributed by atoms with Crippen molar-refractivity contribution in [2.45, 2.75) is 37.2 Å². The second-order valence-electron chi connectivity index (χ2n) is 4.83. The Labute approximate surface area is 146 Å². The minimum absolute atomic E-state index is 0.493. The molecule has 0 unspecified atom stereocenters. The fraction of sp³-hybridized carbons (Fsp3) is 0.500. The predicted octanol–water partition coefficient (Wildman–Crippen LogP) is 2.89. The summed E-state index contributed by atoms with van der Waals surface area (Å²) in [7, 11) is -13.2. The number of nitrogen functional groups attached to an aromatic ring is 1.